The van der Waals surface area contributed by atoms with Crippen molar-refractivity contribution in [2.75, 3.05) is 11.9 Å². The number of aromatic nitrogens is 2. The molecule has 0 atom stereocenters. The van der Waals surface area contributed by atoms with Gasteiger partial charge >= 0.3 is 0 Å². The molecule has 1 aromatic carbocycles. The van der Waals surface area contributed by atoms with Gasteiger partial charge in [-0.2, -0.15) is 5.10 Å². The molecule has 2 aromatic heterocycles. The third-order valence-corrected chi connectivity index (χ3v) is 4.09. The molecule has 8 heteroatoms. The lowest BCUT2D eigenvalue weighted by Crippen LogP contribution is -2.25. The Balaban J connectivity index is 1.44. The highest BCUT2D eigenvalue weighted by Crippen LogP contribution is 2.14. The molecular formula is C19H19ClN4O3. The monoisotopic (exact) mass is 386 g/mol. The zero-order valence-corrected chi connectivity index (χ0v) is 15.3. The van der Waals surface area contributed by atoms with Crippen LogP contribution in [-0.2, 0) is 11.3 Å². The van der Waals surface area contributed by atoms with Crippen LogP contribution in [0.4, 0.5) is 5.82 Å². The maximum absolute atomic E-state index is 12.1. The first-order valence-electron chi connectivity index (χ1n) is 8.49. The first kappa shape index (κ1) is 18.7. The predicted octanol–water partition coefficient (Wildman–Crippen LogP) is 3.33. The van der Waals surface area contributed by atoms with Crippen LogP contribution in [0.3, 0.4) is 0 Å². The van der Waals surface area contributed by atoms with Crippen LogP contribution in [0.15, 0.2) is 59.3 Å². The molecular weight excluding hydrogens is 368 g/mol. The Hall–Kier alpha value is -3.06. The standard InChI is InChI=1S/C19H19ClN4O3/c20-15-7-5-14(6-8-15)13-24-17(9-11-22-24)23-18(25)4-1-10-21-19(26)16-3-2-12-27-16/h2-3,5-9,11-12H,1,4,10,13H2,(H,21,26)(H,23,25). The van der Waals surface area contributed by atoms with E-state index in [1.165, 1.54) is 6.26 Å². The number of amides is 2. The van der Waals surface area contributed by atoms with Crippen LogP contribution in [0.1, 0.15) is 29.0 Å². The summed E-state index contributed by atoms with van der Waals surface area (Å²) in [7, 11) is 0. The Morgan fingerprint density at radius 2 is 1.96 bits per heavy atom. The Morgan fingerprint density at radius 1 is 1.15 bits per heavy atom. The van der Waals surface area contributed by atoms with Crippen molar-refractivity contribution in [1.29, 1.82) is 0 Å². The van der Waals surface area contributed by atoms with Crippen LogP contribution in [-0.4, -0.2) is 28.1 Å². The average Bonchev–Trinajstić information content (AvgIpc) is 3.33. The van der Waals surface area contributed by atoms with Gasteiger partial charge in [0.25, 0.3) is 5.91 Å². The quantitative estimate of drug-likeness (QED) is 0.581. The lowest BCUT2D eigenvalue weighted by molar-refractivity contribution is -0.116. The number of hydrogen-bond acceptors (Lipinski definition) is 4. The fourth-order valence-corrected chi connectivity index (χ4v) is 2.60. The van der Waals surface area contributed by atoms with Crippen molar-refractivity contribution in [3.63, 3.8) is 0 Å². The van der Waals surface area contributed by atoms with Gasteiger partial charge in [-0.15, -0.1) is 0 Å². The topological polar surface area (TPSA) is 89.2 Å². The summed E-state index contributed by atoms with van der Waals surface area (Å²) in [6.07, 6.45) is 3.87. The number of furan rings is 1. The van der Waals surface area contributed by atoms with Gasteiger partial charge in [-0.05, 0) is 36.2 Å². The average molecular weight is 387 g/mol. The third kappa shape index (κ3) is 5.46. The molecule has 0 aliphatic rings. The molecule has 3 aromatic rings. The van der Waals surface area contributed by atoms with Crippen LogP contribution in [0, 0.1) is 0 Å². The molecule has 0 radical (unpaired) electrons. The highest BCUT2D eigenvalue weighted by molar-refractivity contribution is 6.30. The minimum atomic E-state index is -0.290. The number of anilines is 1. The molecule has 2 N–H and O–H groups in total. The van der Waals surface area contributed by atoms with Crippen LogP contribution < -0.4 is 10.6 Å². The summed E-state index contributed by atoms with van der Waals surface area (Å²) in [4.78, 5) is 23.9. The first-order valence-corrected chi connectivity index (χ1v) is 8.87. The van der Waals surface area contributed by atoms with E-state index in [9.17, 15) is 9.59 Å². The Bertz CT molecular complexity index is 888. The molecule has 0 saturated carbocycles. The van der Waals surface area contributed by atoms with Crippen molar-refractivity contribution in [1.82, 2.24) is 15.1 Å². The van der Waals surface area contributed by atoms with Crippen molar-refractivity contribution >= 4 is 29.2 Å². The predicted molar refractivity (Wildman–Crippen MR) is 102 cm³/mol. The second-order valence-corrected chi connectivity index (χ2v) is 6.32. The number of nitrogens with one attached hydrogen (secondary N) is 2. The van der Waals surface area contributed by atoms with Crippen LogP contribution in [0.25, 0.3) is 0 Å². The highest BCUT2D eigenvalue weighted by atomic mass is 35.5. The molecule has 0 spiro atoms. The largest absolute Gasteiger partial charge is 0.459 e. The van der Waals surface area contributed by atoms with Gasteiger partial charge in [0.2, 0.25) is 5.91 Å². The van der Waals surface area contributed by atoms with E-state index < -0.39 is 0 Å². The summed E-state index contributed by atoms with van der Waals surface area (Å²) in [5.74, 6) is 0.446. The minimum Gasteiger partial charge on any atom is -0.459 e. The molecule has 0 fully saturated rings. The summed E-state index contributed by atoms with van der Waals surface area (Å²) in [6.45, 7) is 0.913. The van der Waals surface area contributed by atoms with E-state index in [1.54, 1.807) is 29.1 Å². The zero-order valence-electron chi connectivity index (χ0n) is 14.5. The number of benzene rings is 1. The van der Waals surface area contributed by atoms with E-state index in [4.69, 9.17) is 16.0 Å². The van der Waals surface area contributed by atoms with Crippen LogP contribution >= 0.6 is 11.6 Å². The van der Waals surface area contributed by atoms with E-state index in [0.717, 1.165) is 5.56 Å². The van der Waals surface area contributed by atoms with Crippen LogP contribution in [0.5, 0.6) is 0 Å². The second-order valence-electron chi connectivity index (χ2n) is 5.89. The van der Waals surface area contributed by atoms with Crippen molar-refractivity contribution in [2.45, 2.75) is 19.4 Å². The molecule has 7 nitrogen and oxygen atoms in total. The Labute approximate surface area is 161 Å². The fraction of sp³-hybridized carbons (Fsp3) is 0.211. The summed E-state index contributed by atoms with van der Waals surface area (Å²) in [5.41, 5.74) is 1.03. The molecule has 27 heavy (non-hydrogen) atoms. The van der Waals surface area contributed by atoms with Crippen molar-refractivity contribution in [3.8, 4) is 0 Å². The van der Waals surface area contributed by atoms with E-state index in [-0.39, 0.29) is 24.0 Å². The van der Waals surface area contributed by atoms with Crippen molar-refractivity contribution < 1.29 is 14.0 Å². The Morgan fingerprint density at radius 3 is 2.70 bits per heavy atom. The van der Waals surface area contributed by atoms with Gasteiger partial charge in [0.05, 0.1) is 19.0 Å². The molecule has 0 aliphatic heterocycles. The van der Waals surface area contributed by atoms with Crippen LogP contribution in [0.2, 0.25) is 5.02 Å². The molecule has 0 unspecified atom stereocenters. The Kier molecular flexibility index (Phi) is 6.27. The SMILES string of the molecule is O=C(CCCNC(=O)c1ccco1)Nc1ccnn1Cc1ccc(Cl)cc1. The number of hydrogen-bond donors (Lipinski definition) is 2. The minimum absolute atomic E-state index is 0.139. The third-order valence-electron chi connectivity index (χ3n) is 3.84. The number of rotatable bonds is 8. The van der Waals surface area contributed by atoms with E-state index in [2.05, 4.69) is 15.7 Å². The molecule has 3 rings (SSSR count). The summed E-state index contributed by atoms with van der Waals surface area (Å²) in [6, 6.07) is 12.4. The van der Waals surface area contributed by atoms with Gasteiger partial charge in [0, 0.05) is 24.1 Å². The molecule has 2 amide bonds. The van der Waals surface area contributed by atoms with Crippen molar-refractivity contribution in [3.05, 3.63) is 71.3 Å². The van der Waals surface area contributed by atoms with E-state index in [1.807, 2.05) is 24.3 Å². The number of nitrogens with zero attached hydrogens (tertiary/aromatic N) is 2. The van der Waals surface area contributed by atoms with Gasteiger partial charge in [-0.3, -0.25) is 9.59 Å². The normalized spacial score (nSPS) is 10.6. The van der Waals surface area contributed by atoms with Gasteiger partial charge < -0.3 is 15.1 Å². The van der Waals surface area contributed by atoms with E-state index in [0.29, 0.717) is 30.4 Å². The first-order chi connectivity index (χ1) is 13.1. The maximum Gasteiger partial charge on any atom is 0.286 e. The summed E-state index contributed by atoms with van der Waals surface area (Å²) < 4.78 is 6.71. The number of carbonyl (C=O) groups excluding carboxylic acids is 2. The maximum atomic E-state index is 12.1. The number of carbonyl (C=O) groups is 2. The second kappa shape index (κ2) is 9.05. The number of halogens is 1. The smallest absolute Gasteiger partial charge is 0.286 e. The zero-order chi connectivity index (χ0) is 19.1. The van der Waals surface area contributed by atoms with Gasteiger partial charge in [0.15, 0.2) is 5.76 Å². The highest BCUT2D eigenvalue weighted by Gasteiger charge is 2.10. The lowest BCUT2D eigenvalue weighted by Gasteiger charge is -2.09. The van der Waals surface area contributed by atoms with Gasteiger partial charge in [-0.1, -0.05) is 23.7 Å². The van der Waals surface area contributed by atoms with Gasteiger partial charge in [-0.25, -0.2) is 4.68 Å². The fourth-order valence-electron chi connectivity index (χ4n) is 2.48. The lowest BCUT2D eigenvalue weighted by atomic mass is 10.2. The van der Waals surface area contributed by atoms with Gasteiger partial charge in [0.1, 0.15) is 5.82 Å². The van der Waals surface area contributed by atoms with Crippen molar-refractivity contribution in [2.24, 2.45) is 0 Å². The molecule has 0 bridgehead atoms. The molecule has 0 saturated heterocycles. The summed E-state index contributed by atoms with van der Waals surface area (Å²) >= 11 is 5.89. The summed E-state index contributed by atoms with van der Waals surface area (Å²) in [5, 5.41) is 10.5. The molecule has 0 aliphatic carbocycles. The molecule has 2 heterocycles. The van der Waals surface area contributed by atoms with E-state index >= 15 is 0 Å². The molecule has 140 valence electrons.